The second-order valence-electron chi connectivity index (χ2n) is 4.39. The molecule has 2 rings (SSSR count). The molecule has 1 saturated carbocycles. The molecule has 0 bridgehead atoms. The van der Waals surface area contributed by atoms with Crippen LogP contribution in [0.3, 0.4) is 0 Å². The molecule has 1 aliphatic carbocycles. The van der Waals surface area contributed by atoms with E-state index in [1.165, 1.54) is 36.9 Å². The Morgan fingerprint density at radius 3 is 2.27 bits per heavy atom. The largest absolute Gasteiger partial charge is 0.272 e. The van der Waals surface area contributed by atoms with Crippen molar-refractivity contribution >= 4 is 0 Å². The van der Waals surface area contributed by atoms with Gasteiger partial charge in [-0.2, -0.15) is 5.10 Å². The predicted octanol–water partition coefficient (Wildman–Crippen LogP) is 3.90. The third-order valence-electron chi connectivity index (χ3n) is 2.80. The second kappa shape index (κ2) is 5.94. The van der Waals surface area contributed by atoms with Crippen molar-refractivity contribution in [2.75, 3.05) is 0 Å². The third-order valence-corrected chi connectivity index (χ3v) is 2.80. The third kappa shape index (κ3) is 3.08. The molecule has 0 unspecified atom stereocenters. The summed E-state index contributed by atoms with van der Waals surface area (Å²) in [6.45, 7) is 9.55. The summed E-state index contributed by atoms with van der Waals surface area (Å²) in [4.78, 5) is 0. The molecule has 0 saturated heterocycles. The van der Waals surface area contributed by atoms with Crippen LogP contribution in [0.2, 0.25) is 0 Å². The molecule has 0 radical (unpaired) electrons. The van der Waals surface area contributed by atoms with Crippen molar-refractivity contribution in [1.82, 2.24) is 9.78 Å². The van der Waals surface area contributed by atoms with Crippen LogP contribution in [0, 0.1) is 6.92 Å². The average molecular weight is 208 g/mol. The number of aromatic nitrogens is 2. The normalized spacial score (nSPS) is 15.5. The van der Waals surface area contributed by atoms with Gasteiger partial charge >= 0.3 is 0 Å². The quantitative estimate of drug-likeness (QED) is 0.721. The first-order valence-corrected chi connectivity index (χ1v) is 6.26. The summed E-state index contributed by atoms with van der Waals surface area (Å²) < 4.78 is 2.04. The SMILES string of the molecule is CCC.CCn1cc(C)c(C2CCC2)n1. The summed E-state index contributed by atoms with van der Waals surface area (Å²) in [5, 5.41) is 4.57. The van der Waals surface area contributed by atoms with Gasteiger partial charge < -0.3 is 0 Å². The standard InChI is InChI=1S/C10H16N2.C3H8/c1-3-12-7-8(2)10(11-12)9-5-4-6-9;1-3-2/h7,9H,3-6H2,1-2H3;3H2,1-2H3. The van der Waals surface area contributed by atoms with Crippen LogP contribution in [-0.4, -0.2) is 9.78 Å². The van der Waals surface area contributed by atoms with E-state index in [0.717, 1.165) is 12.5 Å². The fraction of sp³-hybridized carbons (Fsp3) is 0.769. The highest BCUT2D eigenvalue weighted by molar-refractivity contribution is 5.20. The summed E-state index contributed by atoms with van der Waals surface area (Å²) in [6.07, 6.45) is 7.50. The summed E-state index contributed by atoms with van der Waals surface area (Å²) in [5.74, 6) is 0.776. The van der Waals surface area contributed by atoms with Crippen molar-refractivity contribution in [2.24, 2.45) is 0 Å². The van der Waals surface area contributed by atoms with Gasteiger partial charge in [0.1, 0.15) is 0 Å². The molecule has 15 heavy (non-hydrogen) atoms. The molecule has 86 valence electrons. The highest BCUT2D eigenvalue weighted by Crippen LogP contribution is 2.36. The summed E-state index contributed by atoms with van der Waals surface area (Å²) in [6, 6.07) is 0. The van der Waals surface area contributed by atoms with Gasteiger partial charge in [0.15, 0.2) is 0 Å². The summed E-state index contributed by atoms with van der Waals surface area (Å²) in [5.41, 5.74) is 2.73. The van der Waals surface area contributed by atoms with Gasteiger partial charge in [0.05, 0.1) is 5.69 Å². The van der Waals surface area contributed by atoms with Crippen molar-refractivity contribution in [1.29, 1.82) is 0 Å². The van der Waals surface area contributed by atoms with Crippen molar-refractivity contribution < 1.29 is 0 Å². The van der Waals surface area contributed by atoms with Gasteiger partial charge in [-0.1, -0.05) is 26.7 Å². The molecule has 0 aliphatic heterocycles. The van der Waals surface area contributed by atoms with E-state index in [2.05, 4.69) is 39.0 Å². The molecular weight excluding hydrogens is 184 g/mol. The molecule has 1 aliphatic rings. The van der Waals surface area contributed by atoms with Gasteiger partial charge in [-0.3, -0.25) is 4.68 Å². The van der Waals surface area contributed by atoms with Gasteiger partial charge in [-0.05, 0) is 32.3 Å². The van der Waals surface area contributed by atoms with E-state index in [-0.39, 0.29) is 0 Å². The van der Waals surface area contributed by atoms with Crippen LogP contribution in [0.4, 0.5) is 0 Å². The van der Waals surface area contributed by atoms with Crippen molar-refractivity contribution in [3.05, 3.63) is 17.5 Å². The van der Waals surface area contributed by atoms with Crippen molar-refractivity contribution in [3.8, 4) is 0 Å². The zero-order valence-electron chi connectivity index (χ0n) is 10.6. The lowest BCUT2D eigenvalue weighted by molar-refractivity contribution is 0.405. The second-order valence-corrected chi connectivity index (χ2v) is 4.39. The molecule has 0 spiro atoms. The fourth-order valence-corrected chi connectivity index (χ4v) is 1.78. The Labute approximate surface area is 93.7 Å². The Bertz CT molecular complexity index is 285. The number of aryl methyl sites for hydroxylation is 2. The topological polar surface area (TPSA) is 17.8 Å². The van der Waals surface area contributed by atoms with Crippen LogP contribution in [0.15, 0.2) is 6.20 Å². The van der Waals surface area contributed by atoms with E-state index in [9.17, 15) is 0 Å². The lowest BCUT2D eigenvalue weighted by Crippen LogP contribution is -2.11. The summed E-state index contributed by atoms with van der Waals surface area (Å²) in [7, 11) is 0. The molecule has 1 aromatic heterocycles. The maximum absolute atomic E-state index is 4.57. The minimum Gasteiger partial charge on any atom is -0.272 e. The van der Waals surface area contributed by atoms with Gasteiger partial charge in [0.2, 0.25) is 0 Å². The van der Waals surface area contributed by atoms with Crippen LogP contribution in [0.5, 0.6) is 0 Å². The van der Waals surface area contributed by atoms with Crippen LogP contribution in [0.25, 0.3) is 0 Å². The highest BCUT2D eigenvalue weighted by Gasteiger charge is 2.23. The van der Waals surface area contributed by atoms with E-state index >= 15 is 0 Å². The minimum absolute atomic E-state index is 0.776. The maximum Gasteiger partial charge on any atom is 0.0684 e. The van der Waals surface area contributed by atoms with Crippen molar-refractivity contribution in [2.45, 2.75) is 65.8 Å². The molecule has 1 aromatic rings. The lowest BCUT2D eigenvalue weighted by Gasteiger charge is -2.23. The molecular formula is C13H24N2. The molecule has 1 heterocycles. The van der Waals surface area contributed by atoms with Gasteiger partial charge in [0, 0.05) is 18.7 Å². The number of hydrogen-bond acceptors (Lipinski definition) is 1. The Kier molecular flexibility index (Phi) is 4.86. The van der Waals surface area contributed by atoms with Crippen LogP contribution < -0.4 is 0 Å². The number of rotatable bonds is 2. The van der Waals surface area contributed by atoms with E-state index in [0.29, 0.717) is 0 Å². The van der Waals surface area contributed by atoms with E-state index in [1.54, 1.807) is 0 Å². The first-order valence-electron chi connectivity index (χ1n) is 6.26. The first kappa shape index (κ1) is 12.3. The molecule has 2 heteroatoms. The molecule has 0 aromatic carbocycles. The average Bonchev–Trinajstić information content (AvgIpc) is 2.46. The number of hydrogen-bond donors (Lipinski definition) is 0. The molecule has 0 amide bonds. The number of nitrogens with zero attached hydrogens (tertiary/aromatic N) is 2. The van der Waals surface area contributed by atoms with Gasteiger partial charge in [0.25, 0.3) is 0 Å². The smallest absolute Gasteiger partial charge is 0.0684 e. The van der Waals surface area contributed by atoms with E-state index in [4.69, 9.17) is 0 Å². The predicted molar refractivity (Wildman–Crippen MR) is 65.2 cm³/mol. The Morgan fingerprint density at radius 2 is 1.93 bits per heavy atom. The molecule has 1 fully saturated rings. The van der Waals surface area contributed by atoms with Crippen LogP contribution in [0.1, 0.15) is 63.6 Å². The van der Waals surface area contributed by atoms with E-state index < -0.39 is 0 Å². The fourth-order valence-electron chi connectivity index (χ4n) is 1.78. The van der Waals surface area contributed by atoms with Crippen LogP contribution in [-0.2, 0) is 6.54 Å². The maximum atomic E-state index is 4.57. The zero-order valence-corrected chi connectivity index (χ0v) is 10.6. The minimum atomic E-state index is 0.776. The van der Waals surface area contributed by atoms with Gasteiger partial charge in [-0.15, -0.1) is 0 Å². The monoisotopic (exact) mass is 208 g/mol. The van der Waals surface area contributed by atoms with Gasteiger partial charge in [-0.25, -0.2) is 0 Å². The Balaban J connectivity index is 0.000000337. The molecule has 0 N–H and O–H groups in total. The van der Waals surface area contributed by atoms with Crippen LogP contribution >= 0.6 is 0 Å². The lowest BCUT2D eigenvalue weighted by atomic mass is 9.82. The highest BCUT2D eigenvalue weighted by atomic mass is 15.3. The summed E-state index contributed by atoms with van der Waals surface area (Å²) >= 11 is 0. The Morgan fingerprint density at radius 1 is 1.33 bits per heavy atom. The van der Waals surface area contributed by atoms with E-state index in [1.807, 2.05) is 4.68 Å². The molecule has 0 atom stereocenters. The van der Waals surface area contributed by atoms with Crippen molar-refractivity contribution in [3.63, 3.8) is 0 Å². The molecule has 2 nitrogen and oxygen atoms in total. The first-order chi connectivity index (χ1) is 7.22. The zero-order chi connectivity index (χ0) is 11.3. The Hall–Kier alpha value is -0.790.